The summed E-state index contributed by atoms with van der Waals surface area (Å²) in [5, 5.41) is 0. The summed E-state index contributed by atoms with van der Waals surface area (Å²) in [6.45, 7) is 8.39. The summed E-state index contributed by atoms with van der Waals surface area (Å²) in [5.41, 5.74) is 5.98. The zero-order valence-electron chi connectivity index (χ0n) is 10.9. The minimum Gasteiger partial charge on any atom is -0.383 e. The maximum atomic E-state index is 5.58. The van der Waals surface area contributed by atoms with Gasteiger partial charge in [-0.25, -0.2) is 0 Å². The zero-order valence-corrected chi connectivity index (χ0v) is 10.9. The highest BCUT2D eigenvalue weighted by atomic mass is 16.5. The van der Waals surface area contributed by atoms with Crippen LogP contribution in [0.1, 0.15) is 33.1 Å². The number of rotatable bonds is 9. The van der Waals surface area contributed by atoms with Crippen molar-refractivity contribution in [2.45, 2.75) is 33.1 Å². The molecule has 0 aliphatic heterocycles. The molecular weight excluding hydrogens is 188 g/mol. The van der Waals surface area contributed by atoms with E-state index in [2.05, 4.69) is 25.8 Å². The van der Waals surface area contributed by atoms with Gasteiger partial charge < -0.3 is 15.4 Å². The summed E-state index contributed by atoms with van der Waals surface area (Å²) in [6.07, 6.45) is 3.61. The van der Waals surface area contributed by atoms with E-state index in [-0.39, 0.29) is 0 Å². The van der Waals surface area contributed by atoms with Gasteiger partial charge >= 0.3 is 0 Å². The van der Waals surface area contributed by atoms with Gasteiger partial charge in [0.2, 0.25) is 0 Å². The first-order valence-electron chi connectivity index (χ1n) is 5.89. The lowest BCUT2D eigenvalue weighted by Crippen LogP contribution is -2.25. The Kier molecular flexibility index (Phi) is 8.02. The van der Waals surface area contributed by atoms with E-state index >= 15 is 0 Å². The summed E-state index contributed by atoms with van der Waals surface area (Å²) in [5.74, 6) is 0. The van der Waals surface area contributed by atoms with Gasteiger partial charge in [0.1, 0.15) is 0 Å². The van der Waals surface area contributed by atoms with Crippen LogP contribution in [-0.4, -0.2) is 45.3 Å². The Labute approximate surface area is 95.0 Å². The standard InChI is InChI=1S/C12H28N2O/c1-12(2,7-8-13)6-5-9-14(3)10-11-15-4/h5-11,13H2,1-4H3. The molecule has 0 fully saturated rings. The molecule has 0 aromatic rings. The Morgan fingerprint density at radius 1 is 1.20 bits per heavy atom. The normalized spacial score (nSPS) is 12.4. The number of ether oxygens (including phenoxy) is 1. The van der Waals surface area contributed by atoms with Gasteiger partial charge in [-0.2, -0.15) is 0 Å². The summed E-state index contributed by atoms with van der Waals surface area (Å²) in [7, 11) is 3.90. The van der Waals surface area contributed by atoms with E-state index < -0.39 is 0 Å². The van der Waals surface area contributed by atoms with E-state index in [9.17, 15) is 0 Å². The fourth-order valence-corrected chi connectivity index (χ4v) is 1.70. The minimum absolute atomic E-state index is 0.400. The molecule has 0 aliphatic rings. The average Bonchev–Trinajstić information content (AvgIpc) is 2.14. The molecule has 0 spiro atoms. The third kappa shape index (κ3) is 8.85. The highest BCUT2D eigenvalue weighted by Crippen LogP contribution is 2.25. The van der Waals surface area contributed by atoms with Crippen molar-refractivity contribution < 1.29 is 4.74 Å². The fourth-order valence-electron chi connectivity index (χ4n) is 1.70. The van der Waals surface area contributed by atoms with E-state index in [0.717, 1.165) is 32.7 Å². The largest absolute Gasteiger partial charge is 0.383 e. The SMILES string of the molecule is COCCN(C)CCCC(C)(C)CCN. The van der Waals surface area contributed by atoms with Crippen LogP contribution in [0, 0.1) is 5.41 Å². The molecule has 0 unspecified atom stereocenters. The molecule has 0 bridgehead atoms. The second-order valence-corrected chi connectivity index (χ2v) is 5.10. The summed E-state index contributed by atoms with van der Waals surface area (Å²) >= 11 is 0. The van der Waals surface area contributed by atoms with Crippen molar-refractivity contribution in [1.82, 2.24) is 4.90 Å². The number of likely N-dealkylation sites (N-methyl/N-ethyl adjacent to an activating group) is 1. The van der Waals surface area contributed by atoms with E-state index in [1.807, 2.05) is 0 Å². The highest BCUT2D eigenvalue weighted by Gasteiger charge is 2.16. The summed E-state index contributed by atoms with van der Waals surface area (Å²) < 4.78 is 5.04. The van der Waals surface area contributed by atoms with Crippen LogP contribution in [0.3, 0.4) is 0 Å². The van der Waals surface area contributed by atoms with Crippen LogP contribution in [0.4, 0.5) is 0 Å². The van der Waals surface area contributed by atoms with Crippen molar-refractivity contribution in [3.05, 3.63) is 0 Å². The Bertz CT molecular complexity index is 149. The predicted octanol–water partition coefficient (Wildman–Crippen LogP) is 1.72. The van der Waals surface area contributed by atoms with Gasteiger partial charge in [0, 0.05) is 13.7 Å². The number of nitrogens with two attached hydrogens (primary N) is 1. The lowest BCUT2D eigenvalue weighted by molar-refractivity contribution is 0.157. The lowest BCUT2D eigenvalue weighted by Gasteiger charge is -2.25. The highest BCUT2D eigenvalue weighted by molar-refractivity contribution is 4.69. The van der Waals surface area contributed by atoms with E-state index in [1.165, 1.54) is 12.8 Å². The minimum atomic E-state index is 0.400. The molecule has 15 heavy (non-hydrogen) atoms. The first-order chi connectivity index (χ1) is 7.02. The van der Waals surface area contributed by atoms with Crippen molar-refractivity contribution >= 4 is 0 Å². The quantitative estimate of drug-likeness (QED) is 0.638. The van der Waals surface area contributed by atoms with Gasteiger partial charge in [-0.05, 0) is 44.8 Å². The lowest BCUT2D eigenvalue weighted by atomic mass is 9.84. The zero-order chi connectivity index (χ0) is 11.7. The maximum Gasteiger partial charge on any atom is 0.0589 e. The molecule has 0 aromatic carbocycles. The molecule has 92 valence electrons. The predicted molar refractivity (Wildman–Crippen MR) is 66.1 cm³/mol. The Balaban J connectivity index is 3.51. The molecule has 2 N–H and O–H groups in total. The third-order valence-corrected chi connectivity index (χ3v) is 2.89. The maximum absolute atomic E-state index is 5.58. The first kappa shape index (κ1) is 14.9. The Hall–Kier alpha value is -0.120. The second-order valence-electron chi connectivity index (χ2n) is 5.10. The van der Waals surface area contributed by atoms with Gasteiger partial charge in [0.15, 0.2) is 0 Å². The van der Waals surface area contributed by atoms with E-state index in [4.69, 9.17) is 10.5 Å². The van der Waals surface area contributed by atoms with Crippen LogP contribution in [-0.2, 0) is 4.74 Å². The smallest absolute Gasteiger partial charge is 0.0589 e. The van der Waals surface area contributed by atoms with Crippen molar-refractivity contribution in [3.63, 3.8) is 0 Å². The van der Waals surface area contributed by atoms with Crippen LogP contribution >= 0.6 is 0 Å². The molecule has 0 heterocycles. The summed E-state index contributed by atoms with van der Waals surface area (Å²) in [6, 6.07) is 0. The van der Waals surface area contributed by atoms with Crippen LogP contribution in [0.5, 0.6) is 0 Å². The molecule has 0 amide bonds. The van der Waals surface area contributed by atoms with E-state index in [0.29, 0.717) is 5.41 Å². The first-order valence-corrected chi connectivity index (χ1v) is 5.89. The molecule has 0 saturated heterocycles. The Morgan fingerprint density at radius 3 is 2.40 bits per heavy atom. The number of nitrogens with zero attached hydrogens (tertiary/aromatic N) is 1. The molecule has 3 nitrogen and oxygen atoms in total. The molecule has 0 rings (SSSR count). The molecule has 0 aromatic heterocycles. The molecule has 3 heteroatoms. The van der Waals surface area contributed by atoms with Crippen molar-refractivity contribution in [2.75, 3.05) is 40.4 Å². The van der Waals surface area contributed by atoms with Crippen LogP contribution in [0.2, 0.25) is 0 Å². The molecule has 0 atom stereocenters. The van der Waals surface area contributed by atoms with Gasteiger partial charge in [0.25, 0.3) is 0 Å². The van der Waals surface area contributed by atoms with Crippen LogP contribution < -0.4 is 5.73 Å². The molecular formula is C12H28N2O. The number of methoxy groups -OCH3 is 1. The molecule has 0 aliphatic carbocycles. The van der Waals surface area contributed by atoms with Crippen molar-refractivity contribution in [3.8, 4) is 0 Å². The number of hydrogen-bond donors (Lipinski definition) is 1. The van der Waals surface area contributed by atoms with E-state index in [1.54, 1.807) is 7.11 Å². The van der Waals surface area contributed by atoms with Crippen LogP contribution in [0.15, 0.2) is 0 Å². The average molecular weight is 216 g/mol. The van der Waals surface area contributed by atoms with Crippen molar-refractivity contribution in [2.24, 2.45) is 11.1 Å². The molecule has 0 radical (unpaired) electrons. The third-order valence-electron chi connectivity index (χ3n) is 2.89. The van der Waals surface area contributed by atoms with Gasteiger partial charge in [-0.15, -0.1) is 0 Å². The summed E-state index contributed by atoms with van der Waals surface area (Å²) in [4.78, 5) is 2.32. The molecule has 0 saturated carbocycles. The Morgan fingerprint density at radius 2 is 1.87 bits per heavy atom. The van der Waals surface area contributed by atoms with Gasteiger partial charge in [-0.3, -0.25) is 0 Å². The monoisotopic (exact) mass is 216 g/mol. The number of hydrogen-bond acceptors (Lipinski definition) is 3. The van der Waals surface area contributed by atoms with Crippen molar-refractivity contribution in [1.29, 1.82) is 0 Å². The van der Waals surface area contributed by atoms with Gasteiger partial charge in [-0.1, -0.05) is 13.8 Å². The van der Waals surface area contributed by atoms with Crippen LogP contribution in [0.25, 0.3) is 0 Å². The van der Waals surface area contributed by atoms with Gasteiger partial charge in [0.05, 0.1) is 6.61 Å². The second kappa shape index (κ2) is 8.08. The fraction of sp³-hybridized carbons (Fsp3) is 1.00. The topological polar surface area (TPSA) is 38.5 Å².